The number of nitrogens with one attached hydrogen (secondary N) is 1. The van der Waals surface area contributed by atoms with E-state index in [2.05, 4.69) is 46.9 Å². The van der Waals surface area contributed by atoms with Crippen molar-refractivity contribution in [2.24, 2.45) is 5.41 Å². The molecule has 0 radical (unpaired) electrons. The molecular formula is C16H35NO. The van der Waals surface area contributed by atoms with Crippen LogP contribution in [0.25, 0.3) is 0 Å². The summed E-state index contributed by atoms with van der Waals surface area (Å²) in [6.07, 6.45) is 6.93. The summed E-state index contributed by atoms with van der Waals surface area (Å²) in [7, 11) is 0. The largest absolute Gasteiger partial charge is 0.378 e. The fraction of sp³-hybridized carbons (Fsp3) is 1.00. The standard InChI is InChI=1S/C16H35NO/c1-7-8-9-10-11-15(4)18-13-16(5,6)12-17-14(2)3/h14-15,17H,7-13H2,1-6H3. The van der Waals surface area contributed by atoms with Gasteiger partial charge in [0.25, 0.3) is 0 Å². The Morgan fingerprint density at radius 2 is 1.72 bits per heavy atom. The molecule has 0 aliphatic rings. The van der Waals surface area contributed by atoms with Crippen LogP contribution in [0.4, 0.5) is 0 Å². The summed E-state index contributed by atoms with van der Waals surface area (Å²) in [5.41, 5.74) is 0.224. The van der Waals surface area contributed by atoms with Gasteiger partial charge in [0.15, 0.2) is 0 Å². The van der Waals surface area contributed by atoms with Crippen molar-refractivity contribution >= 4 is 0 Å². The lowest BCUT2D eigenvalue weighted by Crippen LogP contribution is -2.37. The molecule has 0 bridgehead atoms. The first kappa shape index (κ1) is 17.9. The monoisotopic (exact) mass is 257 g/mol. The summed E-state index contributed by atoms with van der Waals surface area (Å²) in [6, 6.07) is 0.552. The lowest BCUT2D eigenvalue weighted by Gasteiger charge is -2.28. The first-order valence-corrected chi connectivity index (χ1v) is 7.72. The van der Waals surface area contributed by atoms with Crippen molar-refractivity contribution in [3.63, 3.8) is 0 Å². The molecule has 0 fully saturated rings. The third-order valence-electron chi connectivity index (χ3n) is 3.21. The highest BCUT2D eigenvalue weighted by molar-refractivity contribution is 4.72. The molecule has 0 aliphatic carbocycles. The normalized spacial score (nSPS) is 14.2. The second kappa shape index (κ2) is 9.80. The van der Waals surface area contributed by atoms with Gasteiger partial charge in [-0.1, -0.05) is 60.3 Å². The maximum absolute atomic E-state index is 5.98. The molecule has 0 spiro atoms. The predicted molar refractivity (Wildman–Crippen MR) is 81.1 cm³/mol. The van der Waals surface area contributed by atoms with Crippen molar-refractivity contribution in [1.82, 2.24) is 5.32 Å². The molecule has 0 amide bonds. The Morgan fingerprint density at radius 1 is 1.06 bits per heavy atom. The van der Waals surface area contributed by atoms with Crippen LogP contribution >= 0.6 is 0 Å². The van der Waals surface area contributed by atoms with Gasteiger partial charge in [-0.15, -0.1) is 0 Å². The Kier molecular flexibility index (Phi) is 9.76. The molecule has 0 rings (SSSR count). The Balaban J connectivity index is 3.65. The quantitative estimate of drug-likeness (QED) is 0.554. The molecule has 18 heavy (non-hydrogen) atoms. The number of hydrogen-bond donors (Lipinski definition) is 1. The summed E-state index contributed by atoms with van der Waals surface area (Å²) < 4.78 is 5.98. The SMILES string of the molecule is CCCCCCC(C)OCC(C)(C)CNC(C)C. The topological polar surface area (TPSA) is 21.3 Å². The van der Waals surface area contributed by atoms with Crippen molar-refractivity contribution in [1.29, 1.82) is 0 Å². The first-order valence-electron chi connectivity index (χ1n) is 7.72. The highest BCUT2D eigenvalue weighted by Gasteiger charge is 2.19. The molecule has 0 aliphatic heterocycles. The van der Waals surface area contributed by atoms with Gasteiger partial charge in [-0.3, -0.25) is 0 Å². The smallest absolute Gasteiger partial charge is 0.0547 e. The Bertz CT molecular complexity index is 190. The van der Waals surface area contributed by atoms with Gasteiger partial charge in [-0.2, -0.15) is 0 Å². The Labute approximate surface area is 115 Å². The summed E-state index contributed by atoms with van der Waals surface area (Å²) in [5.74, 6) is 0. The lowest BCUT2D eigenvalue weighted by molar-refractivity contribution is 0.00685. The van der Waals surface area contributed by atoms with Gasteiger partial charge in [-0.25, -0.2) is 0 Å². The van der Waals surface area contributed by atoms with Crippen LogP contribution in [0.3, 0.4) is 0 Å². The molecule has 0 aromatic heterocycles. The second-order valence-corrected chi connectivity index (χ2v) is 6.67. The van der Waals surface area contributed by atoms with Gasteiger partial charge >= 0.3 is 0 Å². The molecule has 1 atom stereocenters. The van der Waals surface area contributed by atoms with Gasteiger partial charge in [0.05, 0.1) is 12.7 Å². The van der Waals surface area contributed by atoms with E-state index >= 15 is 0 Å². The summed E-state index contributed by atoms with van der Waals surface area (Å²) in [4.78, 5) is 0. The van der Waals surface area contributed by atoms with Crippen molar-refractivity contribution in [2.75, 3.05) is 13.2 Å². The van der Waals surface area contributed by atoms with E-state index in [0.717, 1.165) is 13.2 Å². The molecule has 0 aromatic rings. The summed E-state index contributed by atoms with van der Waals surface area (Å²) in [5, 5.41) is 3.49. The average molecular weight is 257 g/mol. The van der Waals surface area contributed by atoms with Crippen molar-refractivity contribution in [3.8, 4) is 0 Å². The zero-order valence-electron chi connectivity index (χ0n) is 13.5. The van der Waals surface area contributed by atoms with E-state index in [1.807, 2.05) is 0 Å². The Hall–Kier alpha value is -0.0800. The van der Waals surface area contributed by atoms with Crippen LogP contribution in [0.1, 0.15) is 73.6 Å². The van der Waals surface area contributed by atoms with Crippen LogP contribution < -0.4 is 5.32 Å². The third kappa shape index (κ3) is 11.0. The second-order valence-electron chi connectivity index (χ2n) is 6.67. The summed E-state index contributed by atoms with van der Waals surface area (Å²) in [6.45, 7) is 15.2. The number of hydrogen-bond acceptors (Lipinski definition) is 2. The van der Waals surface area contributed by atoms with Crippen LogP contribution in [-0.4, -0.2) is 25.3 Å². The van der Waals surface area contributed by atoms with E-state index in [1.54, 1.807) is 0 Å². The third-order valence-corrected chi connectivity index (χ3v) is 3.21. The number of unbranched alkanes of at least 4 members (excludes halogenated alkanes) is 3. The molecular weight excluding hydrogens is 222 g/mol. The summed E-state index contributed by atoms with van der Waals surface area (Å²) >= 11 is 0. The highest BCUT2D eigenvalue weighted by Crippen LogP contribution is 2.17. The predicted octanol–water partition coefficient (Wildman–Crippen LogP) is 4.39. The van der Waals surface area contributed by atoms with Crippen molar-refractivity contribution in [2.45, 2.75) is 85.8 Å². The number of rotatable bonds is 11. The van der Waals surface area contributed by atoms with E-state index in [4.69, 9.17) is 4.74 Å². The number of ether oxygens (including phenoxy) is 1. The van der Waals surface area contributed by atoms with Crippen LogP contribution in [0, 0.1) is 5.41 Å². The van der Waals surface area contributed by atoms with Crippen LogP contribution in [0.15, 0.2) is 0 Å². The minimum absolute atomic E-state index is 0.224. The minimum Gasteiger partial charge on any atom is -0.378 e. The van der Waals surface area contributed by atoms with Gasteiger partial charge in [0.1, 0.15) is 0 Å². The fourth-order valence-corrected chi connectivity index (χ4v) is 1.84. The molecule has 0 heterocycles. The van der Waals surface area contributed by atoms with E-state index in [0.29, 0.717) is 12.1 Å². The molecule has 1 N–H and O–H groups in total. The Morgan fingerprint density at radius 3 is 2.28 bits per heavy atom. The van der Waals surface area contributed by atoms with E-state index in [-0.39, 0.29) is 5.41 Å². The molecule has 0 aromatic carbocycles. The maximum atomic E-state index is 5.98. The van der Waals surface area contributed by atoms with Crippen LogP contribution in [0.2, 0.25) is 0 Å². The minimum atomic E-state index is 0.224. The van der Waals surface area contributed by atoms with Crippen LogP contribution in [0.5, 0.6) is 0 Å². The molecule has 1 unspecified atom stereocenters. The van der Waals surface area contributed by atoms with Gasteiger partial charge in [0, 0.05) is 18.0 Å². The molecule has 0 saturated heterocycles. The molecule has 110 valence electrons. The zero-order valence-corrected chi connectivity index (χ0v) is 13.5. The first-order chi connectivity index (χ1) is 8.37. The van der Waals surface area contributed by atoms with E-state index in [1.165, 1.54) is 32.1 Å². The van der Waals surface area contributed by atoms with E-state index in [9.17, 15) is 0 Å². The van der Waals surface area contributed by atoms with Gasteiger partial charge in [-0.05, 0) is 13.3 Å². The average Bonchev–Trinajstić information content (AvgIpc) is 2.30. The molecule has 2 heteroatoms. The zero-order chi connectivity index (χ0) is 14.0. The van der Waals surface area contributed by atoms with Crippen molar-refractivity contribution < 1.29 is 4.74 Å². The van der Waals surface area contributed by atoms with Gasteiger partial charge in [0.2, 0.25) is 0 Å². The molecule has 2 nitrogen and oxygen atoms in total. The molecule has 0 saturated carbocycles. The van der Waals surface area contributed by atoms with E-state index < -0.39 is 0 Å². The highest BCUT2D eigenvalue weighted by atomic mass is 16.5. The van der Waals surface area contributed by atoms with Crippen LogP contribution in [-0.2, 0) is 4.74 Å². The lowest BCUT2D eigenvalue weighted by atomic mass is 9.94. The van der Waals surface area contributed by atoms with Gasteiger partial charge < -0.3 is 10.1 Å². The maximum Gasteiger partial charge on any atom is 0.0547 e. The van der Waals surface area contributed by atoms with Crippen molar-refractivity contribution in [3.05, 3.63) is 0 Å². The fourth-order valence-electron chi connectivity index (χ4n) is 1.84.